The summed E-state index contributed by atoms with van der Waals surface area (Å²) in [6.07, 6.45) is 1.24. The summed E-state index contributed by atoms with van der Waals surface area (Å²) in [6.45, 7) is 0.710. The van der Waals surface area contributed by atoms with Crippen molar-refractivity contribution in [2.24, 2.45) is 5.92 Å². The molecule has 22 heavy (non-hydrogen) atoms. The summed E-state index contributed by atoms with van der Waals surface area (Å²) in [4.78, 5) is 25.5. The molecule has 1 saturated heterocycles. The van der Waals surface area contributed by atoms with Crippen molar-refractivity contribution in [3.63, 3.8) is 0 Å². The zero-order valence-electron chi connectivity index (χ0n) is 12.0. The predicted molar refractivity (Wildman–Crippen MR) is 81.9 cm³/mol. The van der Waals surface area contributed by atoms with Crippen molar-refractivity contribution in [1.82, 2.24) is 4.90 Å². The molecule has 0 aromatic heterocycles. The van der Waals surface area contributed by atoms with Crippen LogP contribution in [-0.4, -0.2) is 40.1 Å². The van der Waals surface area contributed by atoms with Gasteiger partial charge in [-0.2, -0.15) is 0 Å². The number of rotatable bonds is 2. The first-order chi connectivity index (χ1) is 10.6. The third-order valence-electron chi connectivity index (χ3n) is 4.18. The van der Waals surface area contributed by atoms with Crippen molar-refractivity contribution in [3.8, 4) is 5.75 Å². The minimum atomic E-state index is -0.875. The van der Waals surface area contributed by atoms with Crippen molar-refractivity contribution in [1.29, 1.82) is 0 Å². The maximum Gasteiger partial charge on any atom is 0.308 e. The minimum Gasteiger partial charge on any atom is -0.507 e. The number of fused-ring (bicyclic) bond motifs is 1. The van der Waals surface area contributed by atoms with Gasteiger partial charge in [0.2, 0.25) is 0 Å². The fraction of sp³-hybridized carbons (Fsp3) is 0.294. The van der Waals surface area contributed by atoms with Gasteiger partial charge in [0.1, 0.15) is 5.75 Å². The number of nitrogens with zero attached hydrogens (tertiary/aromatic N) is 1. The highest BCUT2D eigenvalue weighted by molar-refractivity contribution is 6.09. The van der Waals surface area contributed by atoms with E-state index >= 15 is 0 Å². The Hall–Kier alpha value is -2.56. The molecule has 1 fully saturated rings. The molecule has 1 heterocycles. The molecule has 1 unspecified atom stereocenters. The van der Waals surface area contributed by atoms with Gasteiger partial charge >= 0.3 is 5.97 Å². The Bertz CT molecular complexity index is 741. The lowest BCUT2D eigenvalue weighted by Gasteiger charge is -2.31. The first kappa shape index (κ1) is 14.4. The minimum absolute atomic E-state index is 0.0684. The Kier molecular flexibility index (Phi) is 3.71. The summed E-state index contributed by atoms with van der Waals surface area (Å²) < 4.78 is 0. The Labute approximate surface area is 127 Å². The highest BCUT2D eigenvalue weighted by Gasteiger charge is 2.30. The summed E-state index contributed by atoms with van der Waals surface area (Å²) >= 11 is 0. The van der Waals surface area contributed by atoms with E-state index in [0.717, 1.165) is 5.39 Å². The molecule has 1 aliphatic rings. The van der Waals surface area contributed by atoms with Crippen LogP contribution >= 0.6 is 0 Å². The highest BCUT2D eigenvalue weighted by Crippen LogP contribution is 2.29. The lowest BCUT2D eigenvalue weighted by molar-refractivity contribution is -0.143. The van der Waals surface area contributed by atoms with Gasteiger partial charge in [-0.05, 0) is 29.7 Å². The van der Waals surface area contributed by atoms with Crippen molar-refractivity contribution in [3.05, 3.63) is 42.0 Å². The van der Waals surface area contributed by atoms with Crippen molar-refractivity contribution in [2.45, 2.75) is 12.8 Å². The van der Waals surface area contributed by atoms with E-state index in [2.05, 4.69) is 0 Å². The number of aromatic hydroxyl groups is 1. The number of likely N-dealkylation sites (tertiary alicyclic amines) is 1. The SMILES string of the molecule is O=C(O)C1CCCN(C(=O)c2c(O)ccc3ccccc23)C1. The number of benzene rings is 2. The van der Waals surface area contributed by atoms with Crippen LogP contribution in [0, 0.1) is 5.92 Å². The van der Waals surface area contributed by atoms with Gasteiger partial charge in [-0.25, -0.2) is 0 Å². The van der Waals surface area contributed by atoms with Gasteiger partial charge in [0.25, 0.3) is 5.91 Å². The lowest BCUT2D eigenvalue weighted by Crippen LogP contribution is -2.42. The average molecular weight is 299 g/mol. The molecule has 114 valence electrons. The van der Waals surface area contributed by atoms with Gasteiger partial charge in [0.15, 0.2) is 0 Å². The molecule has 3 rings (SSSR count). The van der Waals surface area contributed by atoms with Crippen LogP contribution in [0.25, 0.3) is 10.8 Å². The molecular formula is C17H17NO4. The van der Waals surface area contributed by atoms with E-state index in [1.807, 2.05) is 18.2 Å². The zero-order valence-corrected chi connectivity index (χ0v) is 12.0. The number of carboxylic acid groups (broad SMARTS) is 1. The smallest absolute Gasteiger partial charge is 0.308 e. The largest absolute Gasteiger partial charge is 0.507 e. The molecule has 0 saturated carbocycles. The summed E-state index contributed by atoms with van der Waals surface area (Å²) in [7, 11) is 0. The number of carbonyl (C=O) groups excluding carboxylic acids is 1. The molecule has 0 radical (unpaired) electrons. The molecule has 2 N–H and O–H groups in total. The van der Waals surface area contributed by atoms with E-state index in [1.54, 1.807) is 12.1 Å². The second-order valence-corrected chi connectivity index (χ2v) is 5.61. The number of hydrogen-bond donors (Lipinski definition) is 2. The van der Waals surface area contributed by atoms with Crippen molar-refractivity contribution >= 4 is 22.6 Å². The van der Waals surface area contributed by atoms with E-state index in [4.69, 9.17) is 5.11 Å². The maximum atomic E-state index is 12.8. The van der Waals surface area contributed by atoms with Gasteiger partial charge in [-0.1, -0.05) is 30.3 Å². The molecule has 0 spiro atoms. The zero-order chi connectivity index (χ0) is 15.7. The van der Waals surface area contributed by atoms with Crippen LogP contribution in [0.4, 0.5) is 0 Å². The summed E-state index contributed by atoms with van der Waals surface area (Å²) in [6, 6.07) is 10.6. The van der Waals surface area contributed by atoms with Crippen LogP contribution in [0.2, 0.25) is 0 Å². The quantitative estimate of drug-likeness (QED) is 0.893. The van der Waals surface area contributed by atoms with Crippen LogP contribution in [-0.2, 0) is 4.79 Å². The van der Waals surface area contributed by atoms with E-state index in [0.29, 0.717) is 24.8 Å². The molecule has 1 amide bonds. The fourth-order valence-electron chi connectivity index (χ4n) is 3.01. The van der Waals surface area contributed by atoms with E-state index in [1.165, 1.54) is 11.0 Å². The number of carbonyl (C=O) groups is 2. The van der Waals surface area contributed by atoms with Gasteiger partial charge < -0.3 is 15.1 Å². The molecule has 2 aromatic rings. The average Bonchev–Trinajstić information content (AvgIpc) is 2.54. The van der Waals surface area contributed by atoms with Crippen LogP contribution in [0.3, 0.4) is 0 Å². The number of hydrogen-bond acceptors (Lipinski definition) is 3. The first-order valence-corrected chi connectivity index (χ1v) is 7.30. The first-order valence-electron chi connectivity index (χ1n) is 7.30. The summed E-state index contributed by atoms with van der Waals surface area (Å²) in [5.74, 6) is -1.78. The second-order valence-electron chi connectivity index (χ2n) is 5.61. The van der Waals surface area contributed by atoms with Crippen molar-refractivity contribution < 1.29 is 19.8 Å². The lowest BCUT2D eigenvalue weighted by atomic mass is 9.96. The molecule has 5 nitrogen and oxygen atoms in total. The van der Waals surface area contributed by atoms with Crippen molar-refractivity contribution in [2.75, 3.05) is 13.1 Å². The summed E-state index contributed by atoms with van der Waals surface area (Å²) in [5.41, 5.74) is 0.254. The van der Waals surface area contributed by atoms with Crippen LogP contribution in [0.5, 0.6) is 5.75 Å². The third-order valence-corrected chi connectivity index (χ3v) is 4.18. The monoisotopic (exact) mass is 299 g/mol. The molecule has 0 aliphatic carbocycles. The third kappa shape index (κ3) is 2.50. The molecule has 5 heteroatoms. The highest BCUT2D eigenvalue weighted by atomic mass is 16.4. The standard InChI is InChI=1S/C17H17NO4/c19-14-8-7-11-4-1-2-6-13(11)15(14)16(20)18-9-3-5-12(10-18)17(21)22/h1-2,4,6-8,12,19H,3,5,9-10H2,(H,21,22). The number of phenols is 1. The number of phenolic OH excluding ortho intramolecular Hbond substituents is 1. The molecule has 0 bridgehead atoms. The van der Waals surface area contributed by atoms with E-state index in [-0.39, 0.29) is 23.8 Å². The Balaban J connectivity index is 1.98. The van der Waals surface area contributed by atoms with Gasteiger partial charge in [0, 0.05) is 13.1 Å². The molecule has 1 atom stereocenters. The van der Waals surface area contributed by atoms with Crippen LogP contribution in [0.15, 0.2) is 36.4 Å². The number of piperidine rings is 1. The molecule has 1 aliphatic heterocycles. The predicted octanol–water partition coefficient (Wildman–Crippen LogP) is 2.48. The Morgan fingerprint density at radius 2 is 1.91 bits per heavy atom. The maximum absolute atomic E-state index is 12.8. The number of carboxylic acids is 1. The number of aliphatic carboxylic acids is 1. The Morgan fingerprint density at radius 3 is 2.68 bits per heavy atom. The van der Waals surface area contributed by atoms with Gasteiger partial charge in [-0.3, -0.25) is 9.59 Å². The Morgan fingerprint density at radius 1 is 1.14 bits per heavy atom. The molecular weight excluding hydrogens is 282 g/mol. The van der Waals surface area contributed by atoms with E-state index in [9.17, 15) is 14.7 Å². The van der Waals surface area contributed by atoms with Gasteiger partial charge in [-0.15, -0.1) is 0 Å². The fourth-order valence-corrected chi connectivity index (χ4v) is 3.01. The molecule has 2 aromatic carbocycles. The van der Waals surface area contributed by atoms with Crippen LogP contribution in [0.1, 0.15) is 23.2 Å². The van der Waals surface area contributed by atoms with E-state index < -0.39 is 11.9 Å². The number of amides is 1. The van der Waals surface area contributed by atoms with Gasteiger partial charge in [0.05, 0.1) is 11.5 Å². The van der Waals surface area contributed by atoms with Crippen LogP contribution < -0.4 is 0 Å². The topological polar surface area (TPSA) is 77.8 Å². The second kappa shape index (κ2) is 5.67. The summed E-state index contributed by atoms with van der Waals surface area (Å²) in [5, 5.41) is 20.8. The normalized spacial score (nSPS) is 18.4.